The normalized spacial score (nSPS) is 11.2. The minimum atomic E-state index is -4.52. The maximum atomic E-state index is 12.5. The van der Waals surface area contributed by atoms with Gasteiger partial charge in [-0.3, -0.25) is 0 Å². The van der Waals surface area contributed by atoms with Gasteiger partial charge >= 0.3 is 12.2 Å². The van der Waals surface area contributed by atoms with Gasteiger partial charge in [0, 0.05) is 24.1 Å². The van der Waals surface area contributed by atoms with Gasteiger partial charge in [0.2, 0.25) is 0 Å². The minimum absolute atomic E-state index is 0.162. The molecule has 1 aromatic carbocycles. The quantitative estimate of drug-likeness (QED) is 0.676. The fourth-order valence-corrected chi connectivity index (χ4v) is 2.00. The van der Waals surface area contributed by atoms with Crippen molar-refractivity contribution in [3.63, 3.8) is 0 Å². The molecule has 0 saturated carbocycles. The van der Waals surface area contributed by atoms with E-state index in [-0.39, 0.29) is 11.8 Å². The van der Waals surface area contributed by atoms with Gasteiger partial charge in [0.15, 0.2) is 11.5 Å². The number of nitrogens with zero attached hydrogens (tertiary/aromatic N) is 4. The molecule has 3 rings (SSSR count). The molecule has 128 valence electrons. The largest absolute Gasteiger partial charge is 0.435 e. The van der Waals surface area contributed by atoms with Crippen molar-refractivity contribution in [3.05, 3.63) is 59.0 Å². The Morgan fingerprint density at radius 2 is 1.76 bits per heavy atom. The molecule has 0 aliphatic carbocycles. The maximum absolute atomic E-state index is 12.5. The minimum Gasteiger partial charge on any atom is -0.424 e. The Morgan fingerprint density at radius 1 is 1.00 bits per heavy atom. The number of hydrogen-bond donors (Lipinski definition) is 1. The fourth-order valence-electron chi connectivity index (χ4n) is 1.79. The highest BCUT2D eigenvalue weighted by Gasteiger charge is 2.32. The molecule has 0 aliphatic rings. The van der Waals surface area contributed by atoms with Gasteiger partial charge in [0.05, 0.1) is 4.47 Å². The molecule has 0 fully saturated rings. The standard InChI is InChI=1S/C15H9BrF3N5O/c16-9-7-20-14(21-8-9)25-11-3-1-2-10(6-11)22-13-5-4-12(23-24-13)15(17,18)19/h1-8H,(H,22,24). The van der Waals surface area contributed by atoms with Gasteiger partial charge in [0.25, 0.3) is 0 Å². The summed E-state index contributed by atoms with van der Waals surface area (Å²) in [6.07, 6.45) is -1.44. The average molecular weight is 412 g/mol. The van der Waals surface area contributed by atoms with Gasteiger partial charge in [-0.2, -0.15) is 13.2 Å². The van der Waals surface area contributed by atoms with E-state index < -0.39 is 11.9 Å². The third kappa shape index (κ3) is 4.63. The van der Waals surface area contributed by atoms with Crippen LogP contribution in [0.1, 0.15) is 5.69 Å². The monoisotopic (exact) mass is 411 g/mol. The van der Waals surface area contributed by atoms with Gasteiger partial charge in [-0.15, -0.1) is 10.2 Å². The van der Waals surface area contributed by atoms with Gasteiger partial charge in [-0.05, 0) is 40.2 Å². The number of nitrogens with one attached hydrogen (secondary N) is 1. The van der Waals surface area contributed by atoms with E-state index in [0.717, 1.165) is 10.5 Å². The summed E-state index contributed by atoms with van der Waals surface area (Å²) in [6, 6.07) is 8.93. The Morgan fingerprint density at radius 3 is 2.40 bits per heavy atom. The lowest BCUT2D eigenvalue weighted by atomic mass is 10.3. The fraction of sp³-hybridized carbons (Fsp3) is 0.0667. The zero-order valence-electron chi connectivity index (χ0n) is 12.3. The molecule has 0 aliphatic heterocycles. The number of halogens is 4. The molecule has 25 heavy (non-hydrogen) atoms. The first-order valence-electron chi connectivity index (χ1n) is 6.83. The Kier molecular flexibility index (Phi) is 4.79. The van der Waals surface area contributed by atoms with Crippen LogP contribution in [0.15, 0.2) is 53.3 Å². The van der Waals surface area contributed by atoms with E-state index in [4.69, 9.17) is 4.74 Å². The number of anilines is 2. The van der Waals surface area contributed by atoms with Crippen molar-refractivity contribution in [3.8, 4) is 11.8 Å². The zero-order chi connectivity index (χ0) is 17.9. The van der Waals surface area contributed by atoms with Crippen LogP contribution < -0.4 is 10.1 Å². The van der Waals surface area contributed by atoms with Crippen molar-refractivity contribution in [1.29, 1.82) is 0 Å². The molecule has 0 spiro atoms. The molecule has 0 radical (unpaired) electrons. The van der Waals surface area contributed by atoms with Crippen LogP contribution in [0.2, 0.25) is 0 Å². The molecule has 2 heterocycles. The van der Waals surface area contributed by atoms with Crippen molar-refractivity contribution in [2.45, 2.75) is 6.18 Å². The van der Waals surface area contributed by atoms with E-state index in [1.807, 2.05) is 0 Å². The first-order valence-corrected chi connectivity index (χ1v) is 7.63. The maximum Gasteiger partial charge on any atom is 0.435 e. The van der Waals surface area contributed by atoms with Crippen LogP contribution in [-0.4, -0.2) is 20.2 Å². The predicted molar refractivity (Wildman–Crippen MR) is 86.6 cm³/mol. The number of hydrogen-bond acceptors (Lipinski definition) is 6. The van der Waals surface area contributed by atoms with E-state index in [1.165, 1.54) is 6.07 Å². The molecule has 0 amide bonds. The Hall–Kier alpha value is -2.75. The van der Waals surface area contributed by atoms with E-state index in [9.17, 15) is 13.2 Å². The Labute approximate surface area is 148 Å². The van der Waals surface area contributed by atoms with Gasteiger partial charge < -0.3 is 10.1 Å². The van der Waals surface area contributed by atoms with Crippen LogP contribution in [0, 0.1) is 0 Å². The van der Waals surface area contributed by atoms with Crippen LogP contribution >= 0.6 is 15.9 Å². The molecule has 0 saturated heterocycles. The Bertz CT molecular complexity index is 856. The predicted octanol–water partition coefficient (Wildman–Crippen LogP) is 4.58. The summed E-state index contributed by atoms with van der Waals surface area (Å²) in [5.41, 5.74) is -0.494. The number of rotatable bonds is 4. The van der Waals surface area contributed by atoms with Gasteiger partial charge in [-0.1, -0.05) is 6.07 Å². The Balaban J connectivity index is 1.72. The van der Waals surface area contributed by atoms with Crippen LogP contribution in [-0.2, 0) is 6.18 Å². The van der Waals surface area contributed by atoms with E-state index in [0.29, 0.717) is 11.4 Å². The topological polar surface area (TPSA) is 72.8 Å². The summed E-state index contributed by atoms with van der Waals surface area (Å²) in [6.45, 7) is 0. The van der Waals surface area contributed by atoms with Crippen molar-refractivity contribution in [1.82, 2.24) is 20.2 Å². The third-order valence-electron chi connectivity index (χ3n) is 2.87. The van der Waals surface area contributed by atoms with Crippen molar-refractivity contribution >= 4 is 27.4 Å². The molecule has 0 bridgehead atoms. The molecule has 3 aromatic rings. The van der Waals surface area contributed by atoms with Crippen molar-refractivity contribution < 1.29 is 17.9 Å². The lowest BCUT2D eigenvalue weighted by molar-refractivity contribution is -0.141. The summed E-state index contributed by atoms with van der Waals surface area (Å²) in [7, 11) is 0. The molecule has 2 aromatic heterocycles. The molecular formula is C15H9BrF3N5O. The second-order valence-electron chi connectivity index (χ2n) is 4.74. The number of aromatic nitrogens is 4. The molecule has 0 atom stereocenters. The summed E-state index contributed by atoms with van der Waals surface area (Å²) in [4.78, 5) is 7.98. The summed E-state index contributed by atoms with van der Waals surface area (Å²) >= 11 is 3.22. The summed E-state index contributed by atoms with van der Waals surface area (Å²) < 4.78 is 43.7. The SMILES string of the molecule is FC(F)(F)c1ccc(Nc2cccc(Oc3ncc(Br)cn3)c2)nn1. The number of ether oxygens (including phenoxy) is 1. The lowest BCUT2D eigenvalue weighted by Crippen LogP contribution is -2.09. The third-order valence-corrected chi connectivity index (χ3v) is 3.28. The van der Waals surface area contributed by atoms with Gasteiger partial charge in [0.1, 0.15) is 5.75 Å². The van der Waals surface area contributed by atoms with Crippen LogP contribution in [0.4, 0.5) is 24.7 Å². The molecule has 1 N–H and O–H groups in total. The first kappa shape index (κ1) is 17.1. The van der Waals surface area contributed by atoms with Crippen molar-refractivity contribution in [2.75, 3.05) is 5.32 Å². The van der Waals surface area contributed by atoms with E-state index >= 15 is 0 Å². The second kappa shape index (κ2) is 7.01. The highest BCUT2D eigenvalue weighted by Crippen LogP contribution is 2.28. The van der Waals surface area contributed by atoms with Crippen LogP contribution in [0.25, 0.3) is 0 Å². The van der Waals surface area contributed by atoms with Crippen LogP contribution in [0.5, 0.6) is 11.8 Å². The number of alkyl halides is 3. The smallest absolute Gasteiger partial charge is 0.424 e. The highest BCUT2D eigenvalue weighted by atomic mass is 79.9. The zero-order valence-corrected chi connectivity index (χ0v) is 13.9. The first-order chi connectivity index (χ1) is 11.9. The summed E-state index contributed by atoms with van der Waals surface area (Å²) in [5.74, 6) is 0.622. The van der Waals surface area contributed by atoms with Crippen LogP contribution in [0.3, 0.4) is 0 Å². The molecule has 6 nitrogen and oxygen atoms in total. The van der Waals surface area contributed by atoms with E-state index in [2.05, 4.69) is 41.4 Å². The summed E-state index contributed by atoms with van der Waals surface area (Å²) in [5, 5.41) is 9.51. The van der Waals surface area contributed by atoms with E-state index in [1.54, 1.807) is 36.7 Å². The number of benzene rings is 1. The molecule has 10 heteroatoms. The van der Waals surface area contributed by atoms with Gasteiger partial charge in [-0.25, -0.2) is 9.97 Å². The van der Waals surface area contributed by atoms with Crippen molar-refractivity contribution in [2.24, 2.45) is 0 Å². The molecular weight excluding hydrogens is 403 g/mol. The second-order valence-corrected chi connectivity index (χ2v) is 5.66. The molecule has 0 unspecified atom stereocenters. The lowest BCUT2D eigenvalue weighted by Gasteiger charge is -2.09. The highest BCUT2D eigenvalue weighted by molar-refractivity contribution is 9.10. The average Bonchev–Trinajstić information content (AvgIpc) is 2.57.